The molecule has 214 valence electrons. The molecule has 2 heterocycles. The van der Waals surface area contributed by atoms with Gasteiger partial charge in [-0.25, -0.2) is 4.99 Å². The summed E-state index contributed by atoms with van der Waals surface area (Å²) in [7, 11) is 0. The van der Waals surface area contributed by atoms with Gasteiger partial charge in [-0.15, -0.1) is 0 Å². The van der Waals surface area contributed by atoms with Crippen LogP contribution in [0.25, 0.3) is 49.3 Å². The Balaban J connectivity index is 1.43. The topological polar surface area (TPSA) is 46.9 Å². The first-order valence-corrected chi connectivity index (χ1v) is 15.0. The Kier molecular flexibility index (Phi) is 6.61. The number of benzene rings is 6. The minimum atomic E-state index is 0.471. The van der Waals surface area contributed by atoms with Crippen LogP contribution in [0.5, 0.6) is 0 Å². The van der Waals surface area contributed by atoms with Crippen LogP contribution in [0.2, 0.25) is 0 Å². The SMILES string of the molecule is C=NC(=NC(=NCc1ccccc1)c1ccccc1)n1c2ccccc2c2c1ccc1c3ccccc3n(-c3ccccc3)c12. The maximum atomic E-state index is 5.12. The van der Waals surface area contributed by atoms with Crippen LogP contribution in [0, 0.1) is 0 Å². The molecule has 2 aromatic heterocycles. The maximum Gasteiger partial charge on any atom is 0.236 e. The van der Waals surface area contributed by atoms with Crippen molar-refractivity contribution in [2.75, 3.05) is 0 Å². The summed E-state index contributed by atoms with van der Waals surface area (Å²) in [4.78, 5) is 14.6. The van der Waals surface area contributed by atoms with Crippen LogP contribution >= 0.6 is 0 Å². The molecule has 0 aliphatic carbocycles. The van der Waals surface area contributed by atoms with Crippen molar-refractivity contribution in [2.24, 2.45) is 15.0 Å². The molecular formula is C40H29N5. The highest BCUT2D eigenvalue weighted by Crippen LogP contribution is 2.40. The molecule has 0 atom stereocenters. The quantitative estimate of drug-likeness (QED) is 0.147. The number of aliphatic imine (C=N–C) groups is 3. The lowest BCUT2D eigenvalue weighted by Crippen LogP contribution is -2.12. The summed E-state index contributed by atoms with van der Waals surface area (Å²) in [5, 5.41) is 4.67. The van der Waals surface area contributed by atoms with Gasteiger partial charge in [-0.2, -0.15) is 4.99 Å². The normalized spacial score (nSPS) is 12.4. The first-order valence-electron chi connectivity index (χ1n) is 15.0. The number of amidine groups is 1. The van der Waals surface area contributed by atoms with Gasteiger partial charge >= 0.3 is 0 Å². The lowest BCUT2D eigenvalue weighted by molar-refractivity contribution is 1.06. The lowest BCUT2D eigenvalue weighted by atomic mass is 10.1. The molecule has 5 nitrogen and oxygen atoms in total. The predicted molar refractivity (Wildman–Crippen MR) is 189 cm³/mol. The van der Waals surface area contributed by atoms with E-state index in [1.165, 1.54) is 10.8 Å². The van der Waals surface area contributed by atoms with E-state index in [4.69, 9.17) is 9.98 Å². The maximum absolute atomic E-state index is 5.12. The van der Waals surface area contributed by atoms with Crippen molar-refractivity contribution < 1.29 is 0 Å². The van der Waals surface area contributed by atoms with E-state index < -0.39 is 0 Å². The van der Waals surface area contributed by atoms with Crippen LogP contribution in [-0.2, 0) is 6.54 Å². The first kappa shape index (κ1) is 26.5. The van der Waals surface area contributed by atoms with Gasteiger partial charge in [0.15, 0.2) is 5.84 Å². The van der Waals surface area contributed by atoms with Gasteiger partial charge in [-0.1, -0.05) is 121 Å². The Morgan fingerprint density at radius 1 is 0.556 bits per heavy atom. The second-order valence-corrected chi connectivity index (χ2v) is 11.0. The molecule has 0 unspecified atom stereocenters. The number of nitrogens with zero attached hydrogens (tertiary/aromatic N) is 5. The van der Waals surface area contributed by atoms with Crippen LogP contribution in [0.15, 0.2) is 167 Å². The van der Waals surface area contributed by atoms with Crippen LogP contribution in [-0.4, -0.2) is 27.6 Å². The van der Waals surface area contributed by atoms with Crippen LogP contribution in [0.3, 0.4) is 0 Å². The molecule has 0 aliphatic rings. The Bertz CT molecular complexity index is 2400. The second kappa shape index (κ2) is 11.2. The van der Waals surface area contributed by atoms with Gasteiger partial charge in [-0.05, 0) is 42.6 Å². The molecule has 0 aliphatic heterocycles. The number of fused-ring (bicyclic) bond motifs is 7. The third-order valence-corrected chi connectivity index (χ3v) is 8.32. The Labute approximate surface area is 260 Å². The summed E-state index contributed by atoms with van der Waals surface area (Å²) >= 11 is 0. The number of hydrogen-bond acceptors (Lipinski definition) is 1. The summed E-state index contributed by atoms with van der Waals surface area (Å²) in [6.07, 6.45) is 0. The van der Waals surface area contributed by atoms with Gasteiger partial charge in [0, 0.05) is 32.8 Å². The first-order chi connectivity index (χ1) is 22.3. The van der Waals surface area contributed by atoms with E-state index in [1.54, 1.807) is 0 Å². The monoisotopic (exact) mass is 579 g/mol. The van der Waals surface area contributed by atoms with E-state index >= 15 is 0 Å². The molecule has 45 heavy (non-hydrogen) atoms. The van der Waals surface area contributed by atoms with Crippen molar-refractivity contribution in [2.45, 2.75) is 6.54 Å². The molecule has 0 spiro atoms. The number of rotatable bonds is 4. The van der Waals surface area contributed by atoms with Gasteiger partial charge in [-0.3, -0.25) is 9.56 Å². The summed E-state index contributed by atoms with van der Waals surface area (Å²) in [5.41, 5.74) is 7.47. The highest BCUT2D eigenvalue weighted by molar-refractivity contribution is 6.28. The fourth-order valence-corrected chi connectivity index (χ4v) is 6.35. The zero-order valence-electron chi connectivity index (χ0n) is 24.6. The van der Waals surface area contributed by atoms with Crippen LogP contribution in [0.1, 0.15) is 11.1 Å². The van der Waals surface area contributed by atoms with Gasteiger partial charge in [0.2, 0.25) is 5.96 Å². The number of para-hydroxylation sites is 3. The molecule has 0 radical (unpaired) electrons. The molecule has 5 heteroatoms. The number of hydrogen-bond donors (Lipinski definition) is 0. The molecule has 8 rings (SSSR count). The molecule has 0 saturated carbocycles. The molecule has 0 bridgehead atoms. The summed E-state index contributed by atoms with van der Waals surface area (Å²) < 4.78 is 4.49. The zero-order valence-corrected chi connectivity index (χ0v) is 24.6. The summed E-state index contributed by atoms with van der Waals surface area (Å²) in [5.74, 6) is 1.07. The molecule has 6 aromatic carbocycles. The fourth-order valence-electron chi connectivity index (χ4n) is 6.35. The van der Waals surface area contributed by atoms with E-state index in [2.05, 4.69) is 124 Å². The minimum Gasteiger partial charge on any atom is -0.309 e. The lowest BCUT2D eigenvalue weighted by Gasteiger charge is -2.10. The highest BCUT2D eigenvalue weighted by atomic mass is 15.2. The Morgan fingerprint density at radius 2 is 1.18 bits per heavy atom. The van der Waals surface area contributed by atoms with Crippen molar-refractivity contribution in [3.8, 4) is 5.69 Å². The molecule has 0 N–H and O–H groups in total. The van der Waals surface area contributed by atoms with Gasteiger partial charge in [0.05, 0.1) is 28.6 Å². The van der Waals surface area contributed by atoms with E-state index in [-0.39, 0.29) is 0 Å². The number of aromatic nitrogens is 2. The van der Waals surface area contributed by atoms with Gasteiger partial charge in [0.25, 0.3) is 0 Å². The third-order valence-electron chi connectivity index (χ3n) is 8.32. The van der Waals surface area contributed by atoms with E-state index in [0.717, 1.165) is 49.7 Å². The second-order valence-electron chi connectivity index (χ2n) is 11.0. The summed E-state index contributed by atoms with van der Waals surface area (Å²) in [6, 6.07) is 52.3. The highest BCUT2D eigenvalue weighted by Gasteiger charge is 2.21. The van der Waals surface area contributed by atoms with Gasteiger partial charge < -0.3 is 4.57 Å². The zero-order chi connectivity index (χ0) is 30.2. The predicted octanol–water partition coefficient (Wildman–Crippen LogP) is 9.44. The molecule has 8 aromatic rings. The van der Waals surface area contributed by atoms with Crippen molar-refractivity contribution in [3.63, 3.8) is 0 Å². The van der Waals surface area contributed by atoms with Crippen LogP contribution in [0.4, 0.5) is 0 Å². The molecule has 0 amide bonds. The largest absolute Gasteiger partial charge is 0.309 e. The average molecular weight is 580 g/mol. The molecule has 0 fully saturated rings. The average Bonchev–Trinajstić information content (AvgIpc) is 3.63. The van der Waals surface area contributed by atoms with Gasteiger partial charge in [0.1, 0.15) is 0 Å². The van der Waals surface area contributed by atoms with E-state index in [0.29, 0.717) is 18.3 Å². The standard InChI is InChI=1S/C40H29N5/c1-41-40(43-39(29-17-7-3-8-18-29)42-27-28-15-5-2-6-16-28)45-35-24-14-12-22-33(35)37-36(45)26-25-32-31-21-11-13-23-34(31)44(38(32)37)30-19-9-4-10-20-30/h2-26H,1,27H2. The Hall–Kier alpha value is -6.07. The van der Waals surface area contributed by atoms with E-state index in [1.807, 2.05) is 48.5 Å². The fraction of sp³-hybridized carbons (Fsp3) is 0.0250. The van der Waals surface area contributed by atoms with Crippen molar-refractivity contribution >= 4 is 62.1 Å². The van der Waals surface area contributed by atoms with Crippen molar-refractivity contribution in [1.82, 2.24) is 9.13 Å². The third kappa shape index (κ3) is 4.53. The van der Waals surface area contributed by atoms with E-state index in [9.17, 15) is 0 Å². The molecule has 0 saturated heterocycles. The Morgan fingerprint density at radius 3 is 1.91 bits per heavy atom. The van der Waals surface area contributed by atoms with Crippen molar-refractivity contribution in [3.05, 3.63) is 163 Å². The van der Waals surface area contributed by atoms with Crippen molar-refractivity contribution in [1.29, 1.82) is 0 Å². The smallest absolute Gasteiger partial charge is 0.236 e. The molecular weight excluding hydrogens is 550 g/mol. The minimum absolute atomic E-state index is 0.471. The summed E-state index contributed by atoms with van der Waals surface area (Å²) in [6.45, 7) is 4.50. The van der Waals surface area contributed by atoms with Crippen LogP contribution < -0.4 is 0 Å².